The van der Waals surface area contributed by atoms with Gasteiger partial charge in [0.2, 0.25) is 11.8 Å². The largest absolute Gasteiger partial charge is 0.334 e. The van der Waals surface area contributed by atoms with Crippen molar-refractivity contribution in [1.82, 2.24) is 10.2 Å². The Hall–Kier alpha value is -1.59. The molecule has 2 aliphatic heterocycles. The van der Waals surface area contributed by atoms with Crippen LogP contribution in [0.4, 0.5) is 5.69 Å². The van der Waals surface area contributed by atoms with E-state index < -0.39 is 0 Å². The molecule has 5 nitrogen and oxygen atoms in total. The number of benzene rings is 1. The molecule has 1 atom stereocenters. The number of hydrogen-bond acceptors (Lipinski definition) is 3. The number of piperidine rings is 2. The molecule has 6 heteroatoms. The summed E-state index contributed by atoms with van der Waals surface area (Å²) in [6.07, 6.45) is 5.49. The summed E-state index contributed by atoms with van der Waals surface area (Å²) in [5, 5.41) is 3.36. The van der Waals surface area contributed by atoms with Gasteiger partial charge in [-0.2, -0.15) is 0 Å². The minimum absolute atomic E-state index is 0. The summed E-state index contributed by atoms with van der Waals surface area (Å²) in [6.45, 7) is 2.85. The summed E-state index contributed by atoms with van der Waals surface area (Å²) < 4.78 is 0. The second-order valence-electron chi connectivity index (χ2n) is 7.22. The second-order valence-corrected chi connectivity index (χ2v) is 7.22. The first-order chi connectivity index (χ1) is 12.2. The lowest BCUT2D eigenvalue weighted by Crippen LogP contribution is -2.53. The lowest BCUT2D eigenvalue weighted by atomic mass is 9.92. The highest BCUT2D eigenvalue weighted by Gasteiger charge is 2.34. The number of anilines is 1. The highest BCUT2D eigenvalue weighted by atomic mass is 35.5. The highest BCUT2D eigenvalue weighted by molar-refractivity contribution is 5.99. The van der Waals surface area contributed by atoms with Crippen LogP contribution in [0.1, 0.15) is 38.5 Å². The number of likely N-dealkylation sites (N-methyl/N-ethyl adjacent to an activating group) is 1. The maximum absolute atomic E-state index is 12.9. The van der Waals surface area contributed by atoms with Crippen LogP contribution in [0, 0.1) is 5.92 Å². The maximum atomic E-state index is 12.9. The Morgan fingerprint density at radius 1 is 1.19 bits per heavy atom. The first kappa shape index (κ1) is 20.7. The molecule has 144 valence electrons. The number of nitrogens with zero attached hydrogens (tertiary/aromatic N) is 2. The lowest BCUT2D eigenvalue weighted by Gasteiger charge is -2.37. The van der Waals surface area contributed by atoms with Crippen LogP contribution >= 0.6 is 12.4 Å². The lowest BCUT2D eigenvalue weighted by molar-refractivity contribution is -0.139. The monoisotopic (exact) mass is 379 g/mol. The predicted molar refractivity (Wildman–Crippen MR) is 107 cm³/mol. The van der Waals surface area contributed by atoms with Crippen molar-refractivity contribution in [2.24, 2.45) is 5.92 Å². The van der Waals surface area contributed by atoms with Gasteiger partial charge in [-0.15, -0.1) is 12.4 Å². The fraction of sp³-hybridized carbons (Fsp3) is 0.600. The van der Waals surface area contributed by atoms with Crippen LogP contribution in [0.2, 0.25) is 0 Å². The zero-order valence-electron chi connectivity index (χ0n) is 15.5. The van der Waals surface area contributed by atoms with Crippen LogP contribution in [0.25, 0.3) is 0 Å². The van der Waals surface area contributed by atoms with E-state index in [1.807, 2.05) is 35.2 Å². The molecule has 1 aromatic rings. The summed E-state index contributed by atoms with van der Waals surface area (Å²) in [5.41, 5.74) is 0.924. The van der Waals surface area contributed by atoms with Gasteiger partial charge in [0.15, 0.2) is 0 Å². The molecule has 0 bridgehead atoms. The Bertz CT molecular complexity index is 590. The zero-order chi connectivity index (χ0) is 17.6. The van der Waals surface area contributed by atoms with Crippen LogP contribution in [-0.4, -0.2) is 49.4 Å². The average molecular weight is 380 g/mol. The molecule has 26 heavy (non-hydrogen) atoms. The molecule has 2 heterocycles. The molecule has 3 rings (SSSR count). The predicted octanol–water partition coefficient (Wildman–Crippen LogP) is 2.84. The van der Waals surface area contributed by atoms with Crippen molar-refractivity contribution in [2.45, 2.75) is 44.6 Å². The van der Waals surface area contributed by atoms with E-state index in [2.05, 4.69) is 5.32 Å². The Balaban J connectivity index is 0.00000243. The minimum atomic E-state index is -0.325. The number of nitrogens with one attached hydrogen (secondary N) is 1. The summed E-state index contributed by atoms with van der Waals surface area (Å²) >= 11 is 0. The average Bonchev–Trinajstić information content (AvgIpc) is 2.67. The van der Waals surface area contributed by atoms with Crippen LogP contribution < -0.4 is 10.2 Å². The Kier molecular flexibility index (Phi) is 7.91. The SMILES string of the molecule is CN(C(=O)CCC1CCNCC1)C1CCCN(c2ccccc2)C1=O.Cl. The van der Waals surface area contributed by atoms with Gasteiger partial charge in [-0.25, -0.2) is 0 Å². The van der Waals surface area contributed by atoms with Crippen LogP contribution in [-0.2, 0) is 9.59 Å². The Morgan fingerprint density at radius 2 is 1.88 bits per heavy atom. The number of amides is 2. The summed E-state index contributed by atoms with van der Waals surface area (Å²) in [4.78, 5) is 29.0. The number of halogens is 1. The molecule has 1 unspecified atom stereocenters. The Labute approximate surface area is 162 Å². The molecule has 2 saturated heterocycles. The molecule has 2 fully saturated rings. The molecule has 1 N–H and O–H groups in total. The van der Waals surface area contributed by atoms with Gasteiger partial charge in [-0.1, -0.05) is 18.2 Å². The highest BCUT2D eigenvalue weighted by Crippen LogP contribution is 2.24. The topological polar surface area (TPSA) is 52.7 Å². The van der Waals surface area contributed by atoms with Gasteiger partial charge in [-0.3, -0.25) is 9.59 Å². The van der Waals surface area contributed by atoms with Gasteiger partial charge in [0.1, 0.15) is 6.04 Å². The van der Waals surface area contributed by atoms with Crippen molar-refractivity contribution in [1.29, 1.82) is 0 Å². The van der Waals surface area contributed by atoms with Gasteiger partial charge in [0, 0.05) is 25.7 Å². The Morgan fingerprint density at radius 3 is 2.58 bits per heavy atom. The molecular weight excluding hydrogens is 350 g/mol. The molecule has 2 aliphatic rings. The number of carbonyl (C=O) groups is 2. The van der Waals surface area contributed by atoms with Gasteiger partial charge < -0.3 is 15.1 Å². The van der Waals surface area contributed by atoms with Crippen molar-refractivity contribution >= 4 is 29.9 Å². The molecule has 0 saturated carbocycles. The summed E-state index contributed by atoms with van der Waals surface area (Å²) in [7, 11) is 1.79. The zero-order valence-corrected chi connectivity index (χ0v) is 16.3. The third-order valence-electron chi connectivity index (χ3n) is 5.56. The maximum Gasteiger partial charge on any atom is 0.249 e. The van der Waals surface area contributed by atoms with E-state index in [9.17, 15) is 9.59 Å². The van der Waals surface area contributed by atoms with Crippen molar-refractivity contribution in [3.8, 4) is 0 Å². The van der Waals surface area contributed by atoms with E-state index in [1.165, 1.54) is 0 Å². The summed E-state index contributed by atoms with van der Waals surface area (Å²) in [6, 6.07) is 9.43. The van der Waals surface area contributed by atoms with Gasteiger partial charge in [0.05, 0.1) is 0 Å². The third kappa shape index (κ3) is 4.98. The van der Waals surface area contributed by atoms with E-state index >= 15 is 0 Å². The standard InChI is InChI=1S/C20H29N3O2.ClH/c1-22(19(24)10-9-16-11-13-21-14-12-16)18-8-5-15-23(20(18)25)17-6-3-2-4-7-17;/h2-4,6-7,16,18,21H,5,8-15H2,1H3;1H. The van der Waals surface area contributed by atoms with E-state index in [-0.39, 0.29) is 30.3 Å². The minimum Gasteiger partial charge on any atom is -0.334 e. The van der Waals surface area contributed by atoms with Gasteiger partial charge in [0.25, 0.3) is 0 Å². The molecule has 0 aliphatic carbocycles. The smallest absolute Gasteiger partial charge is 0.249 e. The first-order valence-corrected chi connectivity index (χ1v) is 9.49. The molecule has 0 radical (unpaired) electrons. The second kappa shape index (κ2) is 9.93. The number of hydrogen-bond donors (Lipinski definition) is 1. The van der Waals surface area contributed by atoms with Crippen LogP contribution in [0.5, 0.6) is 0 Å². The number of carbonyl (C=O) groups excluding carboxylic acids is 2. The van der Waals surface area contributed by atoms with Crippen LogP contribution in [0.3, 0.4) is 0 Å². The normalized spacial score (nSPS) is 21.2. The molecule has 1 aromatic carbocycles. The fourth-order valence-corrected chi connectivity index (χ4v) is 3.93. The third-order valence-corrected chi connectivity index (χ3v) is 5.56. The number of para-hydroxylation sites is 1. The first-order valence-electron chi connectivity index (χ1n) is 9.49. The van der Waals surface area contributed by atoms with Crippen LogP contribution in [0.15, 0.2) is 30.3 Å². The van der Waals surface area contributed by atoms with Gasteiger partial charge >= 0.3 is 0 Å². The molecule has 0 spiro atoms. The van der Waals surface area contributed by atoms with Crippen molar-refractivity contribution in [2.75, 3.05) is 31.6 Å². The van der Waals surface area contributed by atoms with Gasteiger partial charge in [-0.05, 0) is 63.2 Å². The van der Waals surface area contributed by atoms with Crippen molar-refractivity contribution in [3.63, 3.8) is 0 Å². The van der Waals surface area contributed by atoms with Crippen molar-refractivity contribution < 1.29 is 9.59 Å². The van der Waals surface area contributed by atoms with Crippen molar-refractivity contribution in [3.05, 3.63) is 30.3 Å². The fourth-order valence-electron chi connectivity index (χ4n) is 3.93. The van der Waals surface area contributed by atoms with E-state index in [0.717, 1.165) is 57.4 Å². The molecule has 0 aromatic heterocycles. The molecule has 2 amide bonds. The molecular formula is C20H30ClN3O2. The summed E-state index contributed by atoms with van der Waals surface area (Å²) in [5.74, 6) is 0.795. The quantitative estimate of drug-likeness (QED) is 0.855. The van der Waals surface area contributed by atoms with E-state index in [4.69, 9.17) is 0 Å². The van der Waals surface area contributed by atoms with E-state index in [0.29, 0.717) is 12.3 Å². The van der Waals surface area contributed by atoms with E-state index in [1.54, 1.807) is 11.9 Å². The number of rotatable bonds is 5.